The maximum absolute atomic E-state index is 5.27. The van der Waals surface area contributed by atoms with Gasteiger partial charge in [-0.1, -0.05) is 18.2 Å². The molecule has 1 aromatic carbocycles. The van der Waals surface area contributed by atoms with Gasteiger partial charge in [-0.25, -0.2) is 0 Å². The molecule has 2 nitrogen and oxygen atoms in total. The van der Waals surface area contributed by atoms with Gasteiger partial charge in [0.05, 0.1) is 11.6 Å². The number of benzene rings is 1. The van der Waals surface area contributed by atoms with Crippen molar-refractivity contribution in [3.05, 3.63) is 40.4 Å². The van der Waals surface area contributed by atoms with E-state index in [1.807, 2.05) is 6.07 Å². The summed E-state index contributed by atoms with van der Waals surface area (Å²) in [5.41, 5.74) is 1.30. The molecule has 4 atom stereocenters. The summed E-state index contributed by atoms with van der Waals surface area (Å²) in [7, 11) is 1.70. The first-order valence-corrected chi connectivity index (χ1v) is 7.74. The minimum Gasteiger partial charge on any atom is -0.496 e. The molecule has 0 heterocycles. The zero-order valence-corrected chi connectivity index (χ0v) is 13.0. The van der Waals surface area contributed by atoms with Crippen LogP contribution in [0.4, 0.5) is 0 Å². The smallest absolute Gasteiger partial charge is 0.133 e. The fraction of sp³-hybridized carbons (Fsp3) is 0.500. The fourth-order valence-corrected chi connectivity index (χ4v) is 3.84. The van der Waals surface area contributed by atoms with Gasteiger partial charge in [-0.15, -0.1) is 0 Å². The van der Waals surface area contributed by atoms with Gasteiger partial charge in [0.25, 0.3) is 0 Å². The maximum atomic E-state index is 5.27. The molecule has 0 radical (unpaired) electrons. The predicted octanol–water partition coefficient (Wildman–Crippen LogP) is 4.07. The monoisotopic (exact) mass is 321 g/mol. The number of allylic oxidation sites excluding steroid dienone is 1. The Morgan fingerprint density at radius 3 is 2.95 bits per heavy atom. The highest BCUT2D eigenvalue weighted by molar-refractivity contribution is 9.10. The molecule has 0 bridgehead atoms. The van der Waals surface area contributed by atoms with E-state index >= 15 is 0 Å². The molecule has 0 amide bonds. The second-order valence-corrected chi connectivity index (χ2v) is 6.48. The molecule has 0 saturated heterocycles. The topological polar surface area (TPSA) is 21.3 Å². The van der Waals surface area contributed by atoms with Crippen LogP contribution in [0.2, 0.25) is 0 Å². The van der Waals surface area contributed by atoms with Gasteiger partial charge >= 0.3 is 0 Å². The molecule has 0 aromatic heterocycles. The molecule has 1 saturated carbocycles. The number of methoxy groups -OCH3 is 1. The van der Waals surface area contributed by atoms with Gasteiger partial charge in [0.2, 0.25) is 0 Å². The molecule has 2 aliphatic carbocycles. The summed E-state index contributed by atoms with van der Waals surface area (Å²) in [6.45, 7) is 2.24. The summed E-state index contributed by atoms with van der Waals surface area (Å²) < 4.78 is 6.30. The molecule has 0 spiro atoms. The second-order valence-electron chi connectivity index (χ2n) is 5.63. The van der Waals surface area contributed by atoms with Crippen molar-refractivity contribution in [2.45, 2.75) is 31.8 Å². The third-order valence-electron chi connectivity index (χ3n) is 4.50. The SMILES string of the molecule is COc1ccc(C(C)NC2CC3CC=CC32)cc1Br. The lowest BCUT2D eigenvalue weighted by Gasteiger charge is -2.42. The Morgan fingerprint density at radius 1 is 1.42 bits per heavy atom. The summed E-state index contributed by atoms with van der Waals surface area (Å²) in [5.74, 6) is 2.56. The first-order chi connectivity index (χ1) is 9.19. The molecule has 1 N–H and O–H groups in total. The van der Waals surface area contributed by atoms with Crippen molar-refractivity contribution in [2.24, 2.45) is 11.8 Å². The second kappa shape index (κ2) is 5.29. The maximum Gasteiger partial charge on any atom is 0.133 e. The first kappa shape index (κ1) is 13.2. The van der Waals surface area contributed by atoms with Crippen LogP contribution in [0.25, 0.3) is 0 Å². The molecule has 1 fully saturated rings. The Morgan fingerprint density at radius 2 is 2.26 bits per heavy atom. The standard InChI is InChI=1S/C16H20BrNO/c1-10(11-6-7-16(19-2)14(17)8-11)18-15-9-12-4-3-5-13(12)15/h3,5-8,10,12-13,15,18H,4,9H2,1-2H3. The molecular weight excluding hydrogens is 302 g/mol. The van der Waals surface area contributed by atoms with Gasteiger partial charge in [0.15, 0.2) is 0 Å². The summed E-state index contributed by atoms with van der Waals surface area (Å²) in [6, 6.07) is 7.34. The van der Waals surface area contributed by atoms with Crippen LogP contribution in [0.15, 0.2) is 34.8 Å². The predicted molar refractivity (Wildman–Crippen MR) is 81.4 cm³/mol. The summed E-state index contributed by atoms with van der Waals surface area (Å²) in [5, 5.41) is 3.76. The summed E-state index contributed by atoms with van der Waals surface area (Å²) >= 11 is 3.55. The zero-order valence-electron chi connectivity index (χ0n) is 11.4. The van der Waals surface area contributed by atoms with Crippen molar-refractivity contribution in [2.75, 3.05) is 7.11 Å². The van der Waals surface area contributed by atoms with E-state index in [2.05, 4.69) is 52.5 Å². The van der Waals surface area contributed by atoms with Crippen LogP contribution in [0, 0.1) is 11.8 Å². The summed E-state index contributed by atoms with van der Waals surface area (Å²) in [4.78, 5) is 0. The molecule has 3 rings (SSSR count). The molecular formula is C16H20BrNO. The van der Waals surface area contributed by atoms with Crippen molar-refractivity contribution in [1.82, 2.24) is 5.32 Å². The van der Waals surface area contributed by atoms with E-state index in [9.17, 15) is 0 Å². The lowest BCUT2D eigenvalue weighted by atomic mass is 9.71. The van der Waals surface area contributed by atoms with E-state index in [1.54, 1.807) is 7.11 Å². The number of halogens is 1. The van der Waals surface area contributed by atoms with Crippen LogP contribution in [0.5, 0.6) is 5.75 Å². The van der Waals surface area contributed by atoms with Crippen molar-refractivity contribution in [3.8, 4) is 5.75 Å². The lowest BCUT2D eigenvalue weighted by molar-refractivity contribution is 0.152. The van der Waals surface area contributed by atoms with Crippen LogP contribution >= 0.6 is 15.9 Å². The van der Waals surface area contributed by atoms with Crippen molar-refractivity contribution >= 4 is 15.9 Å². The van der Waals surface area contributed by atoms with E-state index < -0.39 is 0 Å². The zero-order chi connectivity index (χ0) is 13.4. The average molecular weight is 322 g/mol. The normalized spacial score (nSPS) is 29.7. The minimum absolute atomic E-state index is 0.377. The Balaban J connectivity index is 1.65. The van der Waals surface area contributed by atoms with E-state index in [-0.39, 0.29) is 0 Å². The van der Waals surface area contributed by atoms with Crippen LogP contribution in [0.1, 0.15) is 31.4 Å². The van der Waals surface area contributed by atoms with Gasteiger partial charge in [0, 0.05) is 12.1 Å². The van der Waals surface area contributed by atoms with E-state index in [1.165, 1.54) is 18.4 Å². The van der Waals surface area contributed by atoms with Gasteiger partial charge in [0.1, 0.15) is 5.75 Å². The van der Waals surface area contributed by atoms with Crippen LogP contribution < -0.4 is 10.1 Å². The number of fused-ring (bicyclic) bond motifs is 1. The molecule has 1 aromatic rings. The highest BCUT2D eigenvalue weighted by Crippen LogP contribution is 2.43. The van der Waals surface area contributed by atoms with Gasteiger partial charge in [-0.3, -0.25) is 0 Å². The third-order valence-corrected chi connectivity index (χ3v) is 5.12. The number of ether oxygens (including phenoxy) is 1. The lowest BCUT2D eigenvalue weighted by Crippen LogP contribution is -2.48. The first-order valence-electron chi connectivity index (χ1n) is 6.95. The highest BCUT2D eigenvalue weighted by atomic mass is 79.9. The van der Waals surface area contributed by atoms with Crippen molar-refractivity contribution in [1.29, 1.82) is 0 Å². The molecule has 2 aliphatic rings. The fourth-order valence-electron chi connectivity index (χ4n) is 3.28. The number of hydrogen-bond donors (Lipinski definition) is 1. The summed E-state index contributed by atoms with van der Waals surface area (Å²) in [6.07, 6.45) is 7.33. The van der Waals surface area contributed by atoms with Gasteiger partial charge < -0.3 is 10.1 Å². The van der Waals surface area contributed by atoms with E-state index in [4.69, 9.17) is 4.74 Å². The van der Waals surface area contributed by atoms with Crippen LogP contribution in [-0.2, 0) is 0 Å². The number of rotatable bonds is 4. The van der Waals surface area contributed by atoms with Crippen molar-refractivity contribution in [3.63, 3.8) is 0 Å². The highest BCUT2D eigenvalue weighted by Gasteiger charge is 2.41. The van der Waals surface area contributed by atoms with E-state index in [0.29, 0.717) is 12.1 Å². The van der Waals surface area contributed by atoms with Crippen molar-refractivity contribution < 1.29 is 4.74 Å². The third kappa shape index (κ3) is 2.46. The average Bonchev–Trinajstić information content (AvgIpc) is 2.77. The Labute approximate surface area is 123 Å². The molecule has 102 valence electrons. The van der Waals surface area contributed by atoms with Gasteiger partial charge in [-0.2, -0.15) is 0 Å². The number of nitrogens with one attached hydrogen (secondary N) is 1. The van der Waals surface area contributed by atoms with Crippen LogP contribution in [-0.4, -0.2) is 13.2 Å². The minimum atomic E-state index is 0.377. The Bertz CT molecular complexity index is 500. The number of hydrogen-bond acceptors (Lipinski definition) is 2. The largest absolute Gasteiger partial charge is 0.496 e. The van der Waals surface area contributed by atoms with Crippen LogP contribution in [0.3, 0.4) is 0 Å². The Kier molecular flexibility index (Phi) is 3.68. The molecule has 4 unspecified atom stereocenters. The molecule has 0 aliphatic heterocycles. The van der Waals surface area contributed by atoms with Gasteiger partial charge in [-0.05, 0) is 65.2 Å². The quantitative estimate of drug-likeness (QED) is 0.844. The van der Waals surface area contributed by atoms with E-state index in [0.717, 1.165) is 22.1 Å². The Hall–Kier alpha value is -0.800. The molecule has 3 heteroatoms. The molecule has 19 heavy (non-hydrogen) atoms.